The van der Waals surface area contributed by atoms with Crippen LogP contribution < -0.4 is 14.8 Å². The molecule has 10 nitrogen and oxygen atoms in total. The van der Waals surface area contributed by atoms with Crippen molar-refractivity contribution in [2.75, 3.05) is 61.5 Å². The molecule has 0 heterocycles. The van der Waals surface area contributed by atoms with Crippen LogP contribution in [0.25, 0.3) is 0 Å². The minimum Gasteiger partial charge on any atom is -0.497 e. The molecule has 0 spiro atoms. The molecule has 0 fully saturated rings. The van der Waals surface area contributed by atoms with Crippen LogP contribution in [0.5, 0.6) is 11.5 Å². The van der Waals surface area contributed by atoms with Gasteiger partial charge in [-0.15, -0.1) is 0 Å². The van der Waals surface area contributed by atoms with Gasteiger partial charge < -0.3 is 24.6 Å². The van der Waals surface area contributed by atoms with E-state index in [1.165, 1.54) is 19.1 Å². The second kappa shape index (κ2) is 13.6. The minimum atomic E-state index is -3.92. The maximum atomic E-state index is 13.1. The molecule has 11 heteroatoms. The molecule has 2 rings (SSSR count). The number of methoxy groups -OCH3 is 1. The van der Waals surface area contributed by atoms with Crippen LogP contribution in [0.1, 0.15) is 22.3 Å². The number of benzene rings is 2. The van der Waals surface area contributed by atoms with Gasteiger partial charge in [0.25, 0.3) is 0 Å². The zero-order chi connectivity index (χ0) is 28.6. The average Bonchev–Trinajstić information content (AvgIpc) is 2.82. The molecule has 0 aliphatic carbocycles. The lowest BCUT2D eigenvalue weighted by Crippen LogP contribution is -2.43. The largest absolute Gasteiger partial charge is 0.497 e. The number of hydrogen-bond acceptors (Lipinski definition) is 7. The molecule has 0 saturated carbocycles. The number of hydrogen-bond donors (Lipinski definition) is 1. The number of rotatable bonds is 13. The first-order chi connectivity index (χ1) is 17.8. The van der Waals surface area contributed by atoms with Crippen molar-refractivity contribution in [1.29, 1.82) is 0 Å². The standard InChI is InChI=1S/C27H40N4O6S/c1-19-13-22(9-10-24(19)37-12-11-29(4)5)17-30(6)26(33)16-28-25(32)18-31(7)38(34,35)27-20(2)14-23(36-8)15-21(27)3/h9-10,13-15H,11-12,16-18H2,1-8H3,(H,28,32). The Morgan fingerprint density at radius 1 is 0.947 bits per heavy atom. The summed E-state index contributed by atoms with van der Waals surface area (Å²) in [7, 11) is 4.54. The van der Waals surface area contributed by atoms with Crippen LogP contribution in [0.2, 0.25) is 0 Å². The molecule has 2 aromatic carbocycles. The number of sulfonamides is 1. The Morgan fingerprint density at radius 3 is 2.13 bits per heavy atom. The number of nitrogens with one attached hydrogen (secondary N) is 1. The fourth-order valence-corrected chi connectivity index (χ4v) is 5.45. The van der Waals surface area contributed by atoms with Crippen molar-refractivity contribution in [2.45, 2.75) is 32.2 Å². The Hall–Kier alpha value is -3.15. The highest BCUT2D eigenvalue weighted by molar-refractivity contribution is 7.89. The van der Waals surface area contributed by atoms with Gasteiger partial charge in [0.05, 0.1) is 25.1 Å². The Kier molecular flexibility index (Phi) is 11.1. The van der Waals surface area contributed by atoms with E-state index in [1.807, 2.05) is 44.1 Å². The number of carbonyl (C=O) groups is 2. The highest BCUT2D eigenvalue weighted by Crippen LogP contribution is 2.27. The van der Waals surface area contributed by atoms with E-state index in [2.05, 4.69) is 5.32 Å². The van der Waals surface area contributed by atoms with E-state index in [0.717, 1.165) is 27.7 Å². The Morgan fingerprint density at radius 2 is 1.58 bits per heavy atom. The van der Waals surface area contributed by atoms with Crippen LogP contribution in [0.15, 0.2) is 35.2 Å². The molecule has 0 bridgehead atoms. The second-order valence-electron chi connectivity index (χ2n) is 9.63. The van der Waals surface area contributed by atoms with Crippen molar-refractivity contribution in [3.05, 3.63) is 52.6 Å². The summed E-state index contributed by atoms with van der Waals surface area (Å²) < 4.78 is 38.2. The molecule has 0 aliphatic rings. The molecule has 1 N–H and O–H groups in total. The molecule has 0 saturated heterocycles. The first-order valence-electron chi connectivity index (χ1n) is 12.3. The molecule has 0 aromatic heterocycles. The van der Waals surface area contributed by atoms with Crippen molar-refractivity contribution in [3.63, 3.8) is 0 Å². The smallest absolute Gasteiger partial charge is 0.243 e. The van der Waals surface area contributed by atoms with Crippen molar-refractivity contribution in [3.8, 4) is 11.5 Å². The molecule has 0 aliphatic heterocycles. The fourth-order valence-electron chi connectivity index (χ4n) is 3.92. The number of carbonyl (C=O) groups excluding carboxylic acids is 2. The van der Waals surface area contributed by atoms with Crippen LogP contribution in [-0.4, -0.2) is 95.9 Å². The summed E-state index contributed by atoms with van der Waals surface area (Å²) in [5.74, 6) is 0.490. The van der Waals surface area contributed by atoms with Gasteiger partial charge in [0, 0.05) is 27.2 Å². The number of likely N-dealkylation sites (N-methyl/N-ethyl adjacent to an activating group) is 3. The van der Waals surface area contributed by atoms with E-state index in [1.54, 1.807) is 33.0 Å². The van der Waals surface area contributed by atoms with Gasteiger partial charge in [-0.1, -0.05) is 12.1 Å². The summed E-state index contributed by atoms with van der Waals surface area (Å²) in [5.41, 5.74) is 2.95. The summed E-state index contributed by atoms with van der Waals surface area (Å²) >= 11 is 0. The molecule has 38 heavy (non-hydrogen) atoms. The van der Waals surface area contributed by atoms with Crippen LogP contribution in [0.4, 0.5) is 0 Å². The van der Waals surface area contributed by atoms with Gasteiger partial charge in [-0.05, 0) is 75.3 Å². The van der Waals surface area contributed by atoms with Crippen molar-refractivity contribution in [2.24, 2.45) is 0 Å². The Balaban J connectivity index is 1.91. The monoisotopic (exact) mass is 548 g/mol. The first kappa shape index (κ1) is 31.1. The van der Waals surface area contributed by atoms with E-state index in [9.17, 15) is 18.0 Å². The molecule has 2 amide bonds. The van der Waals surface area contributed by atoms with Crippen molar-refractivity contribution >= 4 is 21.8 Å². The van der Waals surface area contributed by atoms with Gasteiger partial charge in [0.15, 0.2) is 0 Å². The van der Waals surface area contributed by atoms with E-state index >= 15 is 0 Å². The van der Waals surface area contributed by atoms with Gasteiger partial charge in [0.1, 0.15) is 18.1 Å². The average molecular weight is 549 g/mol. The highest BCUT2D eigenvalue weighted by atomic mass is 32.2. The van der Waals surface area contributed by atoms with Crippen molar-refractivity contribution in [1.82, 2.24) is 19.4 Å². The Bertz CT molecular complexity index is 1220. The molecule has 2 aromatic rings. The topological polar surface area (TPSA) is 108 Å². The van der Waals surface area contributed by atoms with Crippen LogP contribution in [0, 0.1) is 20.8 Å². The van der Waals surface area contributed by atoms with Gasteiger partial charge in [0.2, 0.25) is 21.8 Å². The predicted molar refractivity (Wildman–Crippen MR) is 147 cm³/mol. The van der Waals surface area contributed by atoms with Gasteiger partial charge in [-0.2, -0.15) is 4.31 Å². The minimum absolute atomic E-state index is 0.133. The normalized spacial score (nSPS) is 11.5. The maximum Gasteiger partial charge on any atom is 0.243 e. The lowest BCUT2D eigenvalue weighted by atomic mass is 10.1. The third-order valence-corrected chi connectivity index (χ3v) is 8.13. The van der Waals surface area contributed by atoms with Crippen LogP contribution in [0.3, 0.4) is 0 Å². The summed E-state index contributed by atoms with van der Waals surface area (Å²) in [6, 6.07) is 9.04. The summed E-state index contributed by atoms with van der Waals surface area (Å²) in [5, 5.41) is 2.52. The van der Waals surface area contributed by atoms with Gasteiger partial charge in [-0.25, -0.2) is 8.42 Å². The zero-order valence-electron chi connectivity index (χ0n) is 23.6. The number of ether oxygens (including phenoxy) is 2. The van der Waals surface area contributed by atoms with Crippen molar-refractivity contribution < 1.29 is 27.5 Å². The lowest BCUT2D eigenvalue weighted by Gasteiger charge is -2.21. The second-order valence-corrected chi connectivity index (χ2v) is 11.6. The predicted octanol–water partition coefficient (Wildman–Crippen LogP) is 1.96. The molecule has 0 radical (unpaired) electrons. The van der Waals surface area contributed by atoms with E-state index in [0.29, 0.717) is 30.0 Å². The van der Waals surface area contributed by atoms with Crippen LogP contribution >= 0.6 is 0 Å². The number of aryl methyl sites for hydroxylation is 3. The van der Waals surface area contributed by atoms with Gasteiger partial charge in [-0.3, -0.25) is 9.59 Å². The van der Waals surface area contributed by atoms with E-state index < -0.39 is 22.5 Å². The SMILES string of the molecule is COc1cc(C)c(S(=O)(=O)N(C)CC(=O)NCC(=O)N(C)Cc2ccc(OCCN(C)C)c(C)c2)c(C)c1. The molecule has 0 unspecified atom stereocenters. The molecular weight excluding hydrogens is 508 g/mol. The highest BCUT2D eigenvalue weighted by Gasteiger charge is 2.27. The number of amides is 2. The number of nitrogens with zero attached hydrogens (tertiary/aromatic N) is 3. The molecule has 210 valence electrons. The van der Waals surface area contributed by atoms with Crippen LogP contribution in [-0.2, 0) is 26.2 Å². The quantitative estimate of drug-likeness (QED) is 0.408. The zero-order valence-corrected chi connectivity index (χ0v) is 24.4. The third-order valence-electron chi connectivity index (χ3n) is 6.02. The summed E-state index contributed by atoms with van der Waals surface area (Å²) in [6.07, 6.45) is 0. The van der Waals surface area contributed by atoms with Gasteiger partial charge >= 0.3 is 0 Å². The summed E-state index contributed by atoms with van der Waals surface area (Å²) in [6.45, 7) is 6.41. The molecular formula is C27H40N4O6S. The van der Waals surface area contributed by atoms with E-state index in [-0.39, 0.29) is 17.3 Å². The Labute approximate surface area is 226 Å². The van der Waals surface area contributed by atoms with E-state index in [4.69, 9.17) is 9.47 Å². The molecule has 0 atom stereocenters. The fraction of sp³-hybridized carbons (Fsp3) is 0.481. The lowest BCUT2D eigenvalue weighted by molar-refractivity contribution is -0.132. The maximum absolute atomic E-state index is 13.1. The summed E-state index contributed by atoms with van der Waals surface area (Å²) in [4.78, 5) is 28.8. The third kappa shape index (κ3) is 8.44. The first-order valence-corrected chi connectivity index (χ1v) is 13.7.